The molecule has 0 aromatic heterocycles. The smallest absolute Gasteiger partial charge is 0.271 e. The van der Waals surface area contributed by atoms with Crippen LogP contribution >= 0.6 is 15.9 Å². The molecule has 31 heavy (non-hydrogen) atoms. The van der Waals surface area contributed by atoms with Crippen molar-refractivity contribution in [2.24, 2.45) is 5.10 Å². The molecular weight excluding hydrogens is 458 g/mol. The van der Waals surface area contributed by atoms with E-state index < -0.39 is 0 Å². The number of halogens is 1. The van der Waals surface area contributed by atoms with Crippen LogP contribution in [0.1, 0.15) is 29.3 Å². The van der Waals surface area contributed by atoms with Gasteiger partial charge in [0.15, 0.2) is 0 Å². The van der Waals surface area contributed by atoms with Gasteiger partial charge in [-0.05, 0) is 61.0 Å². The van der Waals surface area contributed by atoms with Crippen LogP contribution in [0.15, 0.2) is 88.4 Å². The summed E-state index contributed by atoms with van der Waals surface area (Å²) in [5.74, 6) is 0.158. The number of hydrogen-bond donors (Lipinski definition) is 2. The Kier molecular flexibility index (Phi) is 7.95. The van der Waals surface area contributed by atoms with Gasteiger partial charge in [-0.15, -0.1) is 0 Å². The molecule has 3 rings (SSSR count). The molecule has 0 heterocycles. The molecular formula is C24H22BrN3O3. The Morgan fingerprint density at radius 1 is 0.935 bits per heavy atom. The Morgan fingerprint density at radius 2 is 1.61 bits per heavy atom. The molecule has 2 N–H and O–H groups in total. The SMILES string of the molecule is C/C(CC(=O)Nc1ccc(OCc2ccccc2)cc1)=N/NC(=O)c1ccc(Br)cc1. The molecule has 0 saturated carbocycles. The lowest BCUT2D eigenvalue weighted by atomic mass is 10.2. The topological polar surface area (TPSA) is 79.8 Å². The van der Waals surface area contributed by atoms with E-state index in [0.717, 1.165) is 15.8 Å². The fourth-order valence-corrected chi connectivity index (χ4v) is 2.93. The molecule has 0 saturated heterocycles. The lowest BCUT2D eigenvalue weighted by Gasteiger charge is -2.09. The number of benzene rings is 3. The predicted octanol–water partition coefficient (Wildman–Crippen LogP) is 5.16. The average Bonchev–Trinajstić information content (AvgIpc) is 2.78. The van der Waals surface area contributed by atoms with E-state index in [4.69, 9.17) is 4.74 Å². The van der Waals surface area contributed by atoms with Gasteiger partial charge >= 0.3 is 0 Å². The minimum Gasteiger partial charge on any atom is -0.489 e. The number of carbonyl (C=O) groups excluding carboxylic acids is 2. The summed E-state index contributed by atoms with van der Waals surface area (Å²) in [6.45, 7) is 2.16. The molecule has 0 spiro atoms. The monoisotopic (exact) mass is 479 g/mol. The Bertz CT molecular complexity index is 1050. The molecule has 0 aliphatic heterocycles. The Hall–Kier alpha value is -3.45. The Labute approximate surface area is 189 Å². The van der Waals surface area contributed by atoms with Crippen molar-refractivity contribution in [2.75, 3.05) is 5.32 Å². The van der Waals surface area contributed by atoms with E-state index >= 15 is 0 Å². The molecule has 3 aromatic rings. The molecule has 0 aliphatic rings. The number of hydrogen-bond acceptors (Lipinski definition) is 4. The number of anilines is 1. The van der Waals surface area contributed by atoms with Gasteiger partial charge in [-0.1, -0.05) is 46.3 Å². The first-order chi connectivity index (χ1) is 15.0. The molecule has 0 radical (unpaired) electrons. The molecule has 158 valence electrons. The van der Waals surface area contributed by atoms with E-state index in [1.54, 1.807) is 55.5 Å². The maximum Gasteiger partial charge on any atom is 0.271 e. The van der Waals surface area contributed by atoms with Crippen molar-refractivity contribution in [3.05, 3.63) is 94.5 Å². The standard InChI is InChI=1S/C24H22BrN3O3/c1-17(27-28-24(30)19-7-9-20(25)10-8-19)15-23(29)26-21-11-13-22(14-12-21)31-16-18-5-3-2-4-6-18/h2-14H,15-16H2,1H3,(H,26,29)(H,28,30)/b27-17-. The Morgan fingerprint density at radius 3 is 2.29 bits per heavy atom. The van der Waals surface area contributed by atoms with Crippen LogP contribution in [0.5, 0.6) is 5.75 Å². The van der Waals surface area contributed by atoms with E-state index in [-0.39, 0.29) is 18.2 Å². The molecule has 6 nitrogen and oxygen atoms in total. The van der Waals surface area contributed by atoms with E-state index in [1.165, 1.54) is 0 Å². The van der Waals surface area contributed by atoms with Gasteiger partial charge < -0.3 is 10.1 Å². The highest BCUT2D eigenvalue weighted by Gasteiger charge is 2.07. The lowest BCUT2D eigenvalue weighted by Crippen LogP contribution is -2.21. The van der Waals surface area contributed by atoms with E-state index in [2.05, 4.69) is 31.8 Å². The third-order valence-corrected chi connectivity index (χ3v) is 4.79. The van der Waals surface area contributed by atoms with E-state index in [1.807, 2.05) is 30.3 Å². The van der Waals surface area contributed by atoms with Crippen LogP contribution in [0, 0.1) is 0 Å². The summed E-state index contributed by atoms with van der Waals surface area (Å²) in [6, 6.07) is 24.0. The highest BCUT2D eigenvalue weighted by Crippen LogP contribution is 2.17. The van der Waals surface area contributed by atoms with Crippen molar-refractivity contribution in [3.8, 4) is 5.75 Å². The van der Waals surface area contributed by atoms with Crippen molar-refractivity contribution in [2.45, 2.75) is 20.0 Å². The largest absolute Gasteiger partial charge is 0.489 e. The highest BCUT2D eigenvalue weighted by atomic mass is 79.9. The van der Waals surface area contributed by atoms with Crippen molar-refractivity contribution in [3.63, 3.8) is 0 Å². The second kappa shape index (κ2) is 11.1. The quantitative estimate of drug-likeness (QED) is 0.345. The second-order valence-electron chi connectivity index (χ2n) is 6.82. The maximum absolute atomic E-state index is 12.2. The zero-order valence-electron chi connectivity index (χ0n) is 17.0. The molecule has 0 aliphatic carbocycles. The number of carbonyl (C=O) groups is 2. The average molecular weight is 480 g/mol. The van der Waals surface area contributed by atoms with Crippen LogP contribution in [-0.2, 0) is 11.4 Å². The van der Waals surface area contributed by atoms with Crippen LogP contribution in [0.4, 0.5) is 5.69 Å². The zero-order chi connectivity index (χ0) is 22.1. The van der Waals surface area contributed by atoms with Gasteiger partial charge in [0.1, 0.15) is 12.4 Å². The summed E-state index contributed by atoms with van der Waals surface area (Å²) in [7, 11) is 0. The van der Waals surface area contributed by atoms with Gasteiger partial charge in [-0.25, -0.2) is 5.43 Å². The first-order valence-corrected chi connectivity index (χ1v) is 10.4. The fourth-order valence-electron chi connectivity index (χ4n) is 2.66. The van der Waals surface area contributed by atoms with Gasteiger partial charge in [0.2, 0.25) is 5.91 Å². The molecule has 7 heteroatoms. The van der Waals surface area contributed by atoms with E-state index in [0.29, 0.717) is 23.6 Å². The van der Waals surface area contributed by atoms with Crippen molar-refractivity contribution >= 4 is 39.1 Å². The normalized spacial score (nSPS) is 11.0. The van der Waals surface area contributed by atoms with Crippen LogP contribution < -0.4 is 15.5 Å². The van der Waals surface area contributed by atoms with Crippen LogP contribution in [-0.4, -0.2) is 17.5 Å². The zero-order valence-corrected chi connectivity index (χ0v) is 18.6. The van der Waals surface area contributed by atoms with Crippen LogP contribution in [0.25, 0.3) is 0 Å². The third-order valence-electron chi connectivity index (χ3n) is 4.26. The van der Waals surface area contributed by atoms with Gasteiger partial charge in [0, 0.05) is 21.4 Å². The minimum atomic E-state index is -0.335. The van der Waals surface area contributed by atoms with Crippen LogP contribution in [0.2, 0.25) is 0 Å². The molecule has 3 aromatic carbocycles. The van der Waals surface area contributed by atoms with Crippen molar-refractivity contribution < 1.29 is 14.3 Å². The summed E-state index contributed by atoms with van der Waals surface area (Å²) in [6.07, 6.45) is 0.0624. The van der Waals surface area contributed by atoms with Gasteiger partial charge in [0.05, 0.1) is 6.42 Å². The summed E-state index contributed by atoms with van der Waals surface area (Å²) in [4.78, 5) is 24.3. The number of nitrogens with zero attached hydrogens (tertiary/aromatic N) is 1. The lowest BCUT2D eigenvalue weighted by molar-refractivity contribution is -0.115. The first-order valence-electron chi connectivity index (χ1n) is 9.65. The maximum atomic E-state index is 12.2. The Balaban J connectivity index is 1.45. The summed E-state index contributed by atoms with van der Waals surface area (Å²) < 4.78 is 6.62. The van der Waals surface area contributed by atoms with Gasteiger partial charge in [-0.2, -0.15) is 5.10 Å². The van der Waals surface area contributed by atoms with Gasteiger partial charge in [-0.3, -0.25) is 9.59 Å². The number of ether oxygens (including phenoxy) is 1. The molecule has 2 amide bonds. The highest BCUT2D eigenvalue weighted by molar-refractivity contribution is 9.10. The van der Waals surface area contributed by atoms with Crippen LogP contribution in [0.3, 0.4) is 0 Å². The minimum absolute atomic E-state index is 0.0624. The summed E-state index contributed by atoms with van der Waals surface area (Å²) >= 11 is 3.32. The molecule has 0 fully saturated rings. The van der Waals surface area contributed by atoms with Crippen molar-refractivity contribution in [1.82, 2.24) is 5.43 Å². The summed E-state index contributed by atoms with van der Waals surface area (Å²) in [5.41, 5.74) is 5.18. The summed E-state index contributed by atoms with van der Waals surface area (Å²) in [5, 5.41) is 6.80. The van der Waals surface area contributed by atoms with Crippen molar-refractivity contribution in [1.29, 1.82) is 0 Å². The predicted molar refractivity (Wildman–Crippen MR) is 125 cm³/mol. The van der Waals surface area contributed by atoms with E-state index in [9.17, 15) is 9.59 Å². The fraction of sp³-hybridized carbons (Fsp3) is 0.125. The molecule has 0 unspecified atom stereocenters. The first kappa shape index (κ1) is 22.2. The number of nitrogens with one attached hydrogen (secondary N) is 2. The second-order valence-corrected chi connectivity index (χ2v) is 7.73. The molecule has 0 atom stereocenters. The third kappa shape index (κ3) is 7.38. The number of amides is 2. The number of rotatable bonds is 8. The number of hydrazone groups is 1. The molecule has 0 bridgehead atoms. The van der Waals surface area contributed by atoms with Gasteiger partial charge in [0.25, 0.3) is 5.91 Å².